The largest absolute Gasteiger partial charge is 0.481 e. The molecule has 0 aromatic carbocycles. The van der Waals surface area contributed by atoms with E-state index in [9.17, 15) is 9.59 Å². The predicted molar refractivity (Wildman–Crippen MR) is 65.8 cm³/mol. The van der Waals surface area contributed by atoms with E-state index >= 15 is 0 Å². The van der Waals surface area contributed by atoms with Crippen molar-refractivity contribution in [3.8, 4) is 0 Å². The lowest BCUT2D eigenvalue weighted by atomic mass is 9.87. The first-order valence-corrected chi connectivity index (χ1v) is 6.70. The molecule has 0 bridgehead atoms. The highest BCUT2D eigenvalue weighted by Gasteiger charge is 2.57. The van der Waals surface area contributed by atoms with Crippen LogP contribution in [0.5, 0.6) is 0 Å². The average Bonchev–Trinajstić information content (AvgIpc) is 3.18. The van der Waals surface area contributed by atoms with Crippen molar-refractivity contribution in [3.63, 3.8) is 0 Å². The molecule has 0 spiro atoms. The molecule has 4 atom stereocenters. The molecule has 2 fully saturated rings. The van der Waals surface area contributed by atoms with Crippen molar-refractivity contribution in [1.82, 2.24) is 5.32 Å². The molecular weight excluding hydrogens is 230 g/mol. The van der Waals surface area contributed by atoms with Gasteiger partial charge >= 0.3 is 5.97 Å². The number of carboxylic acid groups (broad SMARTS) is 1. The number of rotatable bonds is 4. The van der Waals surface area contributed by atoms with Crippen molar-refractivity contribution in [2.45, 2.75) is 38.6 Å². The SMILES string of the molecule is CC1(C(=O)N[C@@H]2C[C@@H]2[C@@H]2C[C@@H]2C(=O)O)CC=CC1. The van der Waals surface area contributed by atoms with Crippen LogP contribution in [0, 0.1) is 23.2 Å². The number of amides is 1. The Balaban J connectivity index is 1.49. The van der Waals surface area contributed by atoms with E-state index < -0.39 is 5.97 Å². The van der Waals surface area contributed by atoms with Crippen molar-refractivity contribution in [2.75, 3.05) is 0 Å². The molecule has 0 aromatic rings. The van der Waals surface area contributed by atoms with Gasteiger partial charge in [0.15, 0.2) is 0 Å². The third-order valence-electron chi connectivity index (χ3n) is 4.71. The lowest BCUT2D eigenvalue weighted by Crippen LogP contribution is -2.39. The monoisotopic (exact) mass is 249 g/mol. The standard InChI is InChI=1S/C14H19NO3/c1-14(4-2-3-5-14)13(18)15-11-7-9(11)8-6-10(8)12(16)17/h2-3,8-11H,4-7H2,1H3,(H,15,18)(H,16,17)/t8-,9+,10-,11+/m0/s1. The van der Waals surface area contributed by atoms with Gasteiger partial charge in [-0.2, -0.15) is 0 Å². The first-order chi connectivity index (χ1) is 8.51. The maximum absolute atomic E-state index is 12.2. The maximum atomic E-state index is 12.2. The van der Waals surface area contributed by atoms with Crippen molar-refractivity contribution < 1.29 is 14.7 Å². The Kier molecular flexibility index (Phi) is 2.50. The van der Waals surface area contributed by atoms with Gasteiger partial charge in [-0.3, -0.25) is 9.59 Å². The van der Waals surface area contributed by atoms with E-state index in [4.69, 9.17) is 5.11 Å². The van der Waals surface area contributed by atoms with Crippen LogP contribution in [0.3, 0.4) is 0 Å². The van der Waals surface area contributed by atoms with Gasteiger partial charge in [-0.05, 0) is 37.5 Å². The van der Waals surface area contributed by atoms with Crippen molar-refractivity contribution in [3.05, 3.63) is 12.2 Å². The van der Waals surface area contributed by atoms with Crippen LogP contribution in [0.1, 0.15) is 32.6 Å². The molecule has 4 nitrogen and oxygen atoms in total. The van der Waals surface area contributed by atoms with E-state index in [-0.39, 0.29) is 23.3 Å². The number of carbonyl (C=O) groups is 2. The number of hydrogen-bond donors (Lipinski definition) is 2. The summed E-state index contributed by atoms with van der Waals surface area (Å²) in [4.78, 5) is 23.0. The second-order valence-corrected chi connectivity index (χ2v) is 6.26. The van der Waals surface area contributed by atoms with E-state index in [1.165, 1.54) is 0 Å². The van der Waals surface area contributed by atoms with E-state index in [0.717, 1.165) is 25.7 Å². The van der Waals surface area contributed by atoms with Gasteiger partial charge in [0.1, 0.15) is 0 Å². The molecule has 0 aromatic heterocycles. The Morgan fingerprint density at radius 2 is 1.89 bits per heavy atom. The van der Waals surface area contributed by atoms with Crippen molar-refractivity contribution >= 4 is 11.9 Å². The third kappa shape index (κ3) is 1.93. The first-order valence-electron chi connectivity index (χ1n) is 6.70. The molecule has 3 aliphatic carbocycles. The average molecular weight is 249 g/mol. The summed E-state index contributed by atoms with van der Waals surface area (Å²) >= 11 is 0. The van der Waals surface area contributed by atoms with Crippen molar-refractivity contribution in [2.24, 2.45) is 23.2 Å². The van der Waals surface area contributed by atoms with Crippen LogP contribution >= 0.6 is 0 Å². The summed E-state index contributed by atoms with van der Waals surface area (Å²) in [5, 5.41) is 12.0. The van der Waals surface area contributed by atoms with Gasteiger partial charge in [0, 0.05) is 6.04 Å². The highest BCUT2D eigenvalue weighted by molar-refractivity contribution is 5.83. The maximum Gasteiger partial charge on any atom is 0.306 e. The number of carboxylic acids is 1. The van der Waals surface area contributed by atoms with Crippen LogP contribution in [-0.2, 0) is 9.59 Å². The number of nitrogens with one attached hydrogen (secondary N) is 1. The zero-order valence-electron chi connectivity index (χ0n) is 10.6. The molecule has 0 unspecified atom stereocenters. The molecule has 98 valence electrons. The smallest absolute Gasteiger partial charge is 0.306 e. The van der Waals surface area contributed by atoms with E-state index in [1.54, 1.807) is 0 Å². The predicted octanol–water partition coefficient (Wildman–Crippen LogP) is 1.57. The number of hydrogen-bond acceptors (Lipinski definition) is 2. The van der Waals surface area contributed by atoms with Crippen LogP contribution in [-0.4, -0.2) is 23.0 Å². The topological polar surface area (TPSA) is 66.4 Å². The summed E-state index contributed by atoms with van der Waals surface area (Å²) in [7, 11) is 0. The molecule has 18 heavy (non-hydrogen) atoms. The Morgan fingerprint density at radius 1 is 1.22 bits per heavy atom. The summed E-state index contributed by atoms with van der Waals surface area (Å²) in [6, 6.07) is 0.226. The van der Waals surface area contributed by atoms with Gasteiger partial charge in [-0.15, -0.1) is 0 Å². The number of allylic oxidation sites excluding steroid dienone is 2. The molecule has 0 radical (unpaired) electrons. The minimum absolute atomic E-state index is 0.132. The second kappa shape index (κ2) is 3.84. The summed E-state index contributed by atoms with van der Waals surface area (Å²) in [6.07, 6.45) is 7.51. The summed E-state index contributed by atoms with van der Waals surface area (Å²) in [5.74, 6) is 0.0208. The van der Waals surface area contributed by atoms with Gasteiger partial charge in [0.25, 0.3) is 0 Å². The molecule has 2 saturated carbocycles. The van der Waals surface area contributed by atoms with E-state index in [2.05, 4.69) is 17.5 Å². The number of aliphatic carboxylic acids is 1. The van der Waals surface area contributed by atoms with Crippen LogP contribution in [0.4, 0.5) is 0 Å². The molecule has 4 heteroatoms. The van der Waals surface area contributed by atoms with Gasteiger partial charge < -0.3 is 10.4 Å². The Bertz CT molecular complexity index is 421. The molecule has 0 heterocycles. The van der Waals surface area contributed by atoms with Gasteiger partial charge in [0.05, 0.1) is 11.3 Å². The normalized spacial score (nSPS) is 39.4. The molecule has 1 amide bonds. The fraction of sp³-hybridized carbons (Fsp3) is 0.714. The molecular formula is C14H19NO3. The highest BCUT2D eigenvalue weighted by atomic mass is 16.4. The molecule has 3 rings (SSSR count). The molecule has 0 aliphatic heterocycles. The minimum atomic E-state index is -0.677. The Hall–Kier alpha value is -1.32. The van der Waals surface area contributed by atoms with E-state index in [0.29, 0.717) is 11.8 Å². The zero-order valence-corrected chi connectivity index (χ0v) is 10.6. The zero-order chi connectivity index (χ0) is 12.9. The summed E-state index contributed by atoms with van der Waals surface area (Å²) < 4.78 is 0. The Morgan fingerprint density at radius 3 is 2.44 bits per heavy atom. The summed E-state index contributed by atoms with van der Waals surface area (Å²) in [6.45, 7) is 2.00. The van der Waals surface area contributed by atoms with Crippen LogP contribution in [0.25, 0.3) is 0 Å². The van der Waals surface area contributed by atoms with E-state index in [1.807, 2.05) is 6.92 Å². The second-order valence-electron chi connectivity index (χ2n) is 6.26. The molecule has 3 aliphatic rings. The highest BCUT2D eigenvalue weighted by Crippen LogP contribution is 2.54. The summed E-state index contributed by atoms with van der Waals surface area (Å²) in [5.41, 5.74) is -0.275. The van der Waals surface area contributed by atoms with Gasteiger partial charge in [-0.25, -0.2) is 0 Å². The van der Waals surface area contributed by atoms with Crippen LogP contribution in [0.2, 0.25) is 0 Å². The molecule has 2 N–H and O–H groups in total. The minimum Gasteiger partial charge on any atom is -0.481 e. The van der Waals surface area contributed by atoms with Gasteiger partial charge in [-0.1, -0.05) is 19.1 Å². The molecule has 0 saturated heterocycles. The fourth-order valence-electron chi connectivity index (χ4n) is 3.12. The first kappa shape index (κ1) is 11.8. The third-order valence-corrected chi connectivity index (χ3v) is 4.71. The fourth-order valence-corrected chi connectivity index (χ4v) is 3.12. The lowest BCUT2D eigenvalue weighted by Gasteiger charge is -2.22. The lowest BCUT2D eigenvalue weighted by molar-refractivity contribution is -0.138. The quantitative estimate of drug-likeness (QED) is 0.743. The van der Waals surface area contributed by atoms with Crippen LogP contribution < -0.4 is 5.32 Å². The van der Waals surface area contributed by atoms with Gasteiger partial charge in [0.2, 0.25) is 5.91 Å². The Labute approximate surface area is 106 Å². The van der Waals surface area contributed by atoms with Crippen molar-refractivity contribution in [1.29, 1.82) is 0 Å². The number of carbonyl (C=O) groups excluding carboxylic acids is 1. The van der Waals surface area contributed by atoms with Crippen LogP contribution in [0.15, 0.2) is 12.2 Å².